The summed E-state index contributed by atoms with van der Waals surface area (Å²) in [5.74, 6) is -0.430. The molecule has 2 aromatic heterocycles. The van der Waals surface area contributed by atoms with Crippen molar-refractivity contribution in [1.29, 1.82) is 0 Å². The van der Waals surface area contributed by atoms with Crippen LogP contribution in [0.15, 0.2) is 30.7 Å². The van der Waals surface area contributed by atoms with Gasteiger partial charge in [0.25, 0.3) is 0 Å². The molecule has 0 aliphatic heterocycles. The molecule has 2 aromatic rings. The van der Waals surface area contributed by atoms with Crippen LogP contribution in [0.1, 0.15) is 11.6 Å². The predicted octanol–water partition coefficient (Wildman–Crippen LogP) is 0.853. The fourth-order valence-electron chi connectivity index (χ4n) is 1.69. The number of carbonyl (C=O) groups is 1. The van der Waals surface area contributed by atoms with Crippen molar-refractivity contribution in [3.05, 3.63) is 42.1 Å². The number of nitrogens with zero attached hydrogens (tertiary/aromatic N) is 3. The lowest BCUT2D eigenvalue weighted by Crippen LogP contribution is -2.30. The normalized spacial score (nSPS) is 12.2. The Morgan fingerprint density at radius 1 is 1.42 bits per heavy atom. The van der Waals surface area contributed by atoms with Crippen LogP contribution in [0.25, 0.3) is 0 Å². The Labute approximate surface area is 109 Å². The highest BCUT2D eigenvalue weighted by Gasteiger charge is 2.20. The molecule has 7 heteroatoms. The van der Waals surface area contributed by atoms with E-state index in [2.05, 4.69) is 20.7 Å². The lowest BCUT2D eigenvalue weighted by Gasteiger charge is -2.13. The zero-order valence-corrected chi connectivity index (χ0v) is 10.6. The lowest BCUT2D eigenvalue weighted by atomic mass is 10.1. The second-order valence-electron chi connectivity index (χ2n) is 4.02. The second-order valence-corrected chi connectivity index (χ2v) is 4.02. The maximum atomic E-state index is 12.7. The summed E-state index contributed by atoms with van der Waals surface area (Å²) in [7, 11) is 3.45. The number of rotatable bonds is 4. The van der Waals surface area contributed by atoms with Crippen LogP contribution in [0.4, 0.5) is 10.2 Å². The summed E-state index contributed by atoms with van der Waals surface area (Å²) in [6.07, 6.45) is 4.41. The number of aryl methyl sites for hydroxylation is 1. The van der Waals surface area contributed by atoms with Gasteiger partial charge in [0.15, 0.2) is 0 Å². The summed E-state index contributed by atoms with van der Waals surface area (Å²) < 4.78 is 14.3. The van der Waals surface area contributed by atoms with E-state index in [4.69, 9.17) is 0 Å². The van der Waals surface area contributed by atoms with E-state index in [1.54, 1.807) is 31.2 Å². The molecule has 0 spiro atoms. The maximum absolute atomic E-state index is 12.7. The molecule has 1 atom stereocenters. The van der Waals surface area contributed by atoms with E-state index < -0.39 is 11.9 Å². The van der Waals surface area contributed by atoms with Crippen LogP contribution in [0, 0.1) is 5.82 Å². The predicted molar refractivity (Wildman–Crippen MR) is 67.8 cm³/mol. The van der Waals surface area contributed by atoms with Crippen molar-refractivity contribution in [3.8, 4) is 0 Å². The molecule has 0 aromatic carbocycles. The highest BCUT2D eigenvalue weighted by atomic mass is 19.1. The van der Waals surface area contributed by atoms with Crippen molar-refractivity contribution in [2.24, 2.45) is 7.05 Å². The molecule has 0 aliphatic carbocycles. The monoisotopic (exact) mass is 263 g/mol. The number of nitrogens with one attached hydrogen (secondary N) is 2. The summed E-state index contributed by atoms with van der Waals surface area (Å²) in [5, 5.41) is 9.53. The molecule has 6 nitrogen and oxygen atoms in total. The number of amides is 1. The molecule has 2 rings (SSSR count). The Morgan fingerprint density at radius 3 is 2.74 bits per heavy atom. The Kier molecular flexibility index (Phi) is 3.86. The van der Waals surface area contributed by atoms with Gasteiger partial charge in [-0.3, -0.25) is 9.48 Å². The highest BCUT2D eigenvalue weighted by molar-refractivity contribution is 5.94. The highest BCUT2D eigenvalue weighted by Crippen LogP contribution is 2.14. The molecule has 2 N–H and O–H groups in total. The van der Waals surface area contributed by atoms with Crippen molar-refractivity contribution in [2.75, 3.05) is 12.4 Å². The fraction of sp³-hybridized carbons (Fsp3) is 0.250. The van der Waals surface area contributed by atoms with Crippen LogP contribution in [0.3, 0.4) is 0 Å². The molecule has 0 aliphatic rings. The third kappa shape index (κ3) is 3.14. The first-order chi connectivity index (χ1) is 9.10. The van der Waals surface area contributed by atoms with Gasteiger partial charge in [0.1, 0.15) is 17.7 Å². The largest absolute Gasteiger partial charge is 0.309 e. The number of carbonyl (C=O) groups excluding carboxylic acids is 1. The minimum absolute atomic E-state index is 0.283. The molecular formula is C12H14FN5O. The molecule has 1 amide bonds. The van der Waals surface area contributed by atoms with Crippen LogP contribution in [-0.2, 0) is 11.8 Å². The summed E-state index contributed by atoms with van der Waals surface area (Å²) in [5.41, 5.74) is 0.740. The molecular weight excluding hydrogens is 249 g/mol. The Balaban J connectivity index is 2.11. The van der Waals surface area contributed by atoms with Crippen molar-refractivity contribution < 1.29 is 9.18 Å². The van der Waals surface area contributed by atoms with Gasteiger partial charge in [-0.1, -0.05) is 0 Å². The molecule has 0 bridgehead atoms. The quantitative estimate of drug-likeness (QED) is 0.858. The number of likely N-dealkylation sites (N-methyl/N-ethyl adjacent to an activating group) is 1. The molecule has 0 radical (unpaired) electrons. The first-order valence-corrected chi connectivity index (χ1v) is 5.68. The summed E-state index contributed by atoms with van der Waals surface area (Å²) >= 11 is 0. The number of pyridine rings is 1. The summed E-state index contributed by atoms with van der Waals surface area (Å²) in [6.45, 7) is 0. The van der Waals surface area contributed by atoms with Gasteiger partial charge in [-0.25, -0.2) is 9.37 Å². The van der Waals surface area contributed by atoms with Gasteiger partial charge in [0.2, 0.25) is 5.91 Å². The van der Waals surface area contributed by atoms with Crippen LogP contribution in [0.5, 0.6) is 0 Å². The van der Waals surface area contributed by atoms with E-state index in [1.807, 2.05) is 0 Å². The van der Waals surface area contributed by atoms with Crippen LogP contribution in [0.2, 0.25) is 0 Å². The third-order valence-electron chi connectivity index (χ3n) is 2.59. The van der Waals surface area contributed by atoms with Gasteiger partial charge < -0.3 is 10.6 Å². The molecule has 2 heterocycles. The zero-order valence-electron chi connectivity index (χ0n) is 10.6. The Bertz CT molecular complexity index is 566. The molecule has 19 heavy (non-hydrogen) atoms. The molecule has 1 unspecified atom stereocenters. The minimum atomic E-state index is -0.541. The third-order valence-corrected chi connectivity index (χ3v) is 2.59. The van der Waals surface area contributed by atoms with E-state index in [0.29, 0.717) is 5.82 Å². The SMILES string of the molecule is CNC(C(=O)Nc1ccc(F)cn1)c1cnn(C)c1. The van der Waals surface area contributed by atoms with Crippen molar-refractivity contribution in [2.45, 2.75) is 6.04 Å². The van der Waals surface area contributed by atoms with E-state index in [-0.39, 0.29) is 5.91 Å². The smallest absolute Gasteiger partial charge is 0.247 e. The Hall–Kier alpha value is -2.28. The van der Waals surface area contributed by atoms with E-state index >= 15 is 0 Å². The van der Waals surface area contributed by atoms with Gasteiger partial charge >= 0.3 is 0 Å². The fourth-order valence-corrected chi connectivity index (χ4v) is 1.69. The molecule has 0 fully saturated rings. The van der Waals surface area contributed by atoms with Crippen molar-refractivity contribution in [1.82, 2.24) is 20.1 Å². The summed E-state index contributed by atoms with van der Waals surface area (Å²) in [6, 6.07) is 2.10. The van der Waals surface area contributed by atoms with Crippen LogP contribution in [-0.4, -0.2) is 27.7 Å². The zero-order chi connectivity index (χ0) is 13.8. The van der Waals surface area contributed by atoms with Gasteiger partial charge in [-0.2, -0.15) is 5.10 Å². The average molecular weight is 263 g/mol. The van der Waals surface area contributed by atoms with E-state index in [0.717, 1.165) is 11.8 Å². The van der Waals surface area contributed by atoms with Crippen molar-refractivity contribution in [3.63, 3.8) is 0 Å². The van der Waals surface area contributed by atoms with E-state index in [9.17, 15) is 9.18 Å². The lowest BCUT2D eigenvalue weighted by molar-refractivity contribution is -0.118. The first kappa shape index (κ1) is 13.2. The molecule has 0 saturated heterocycles. The van der Waals surface area contributed by atoms with Gasteiger partial charge in [-0.05, 0) is 19.2 Å². The standard InChI is InChI=1S/C12H14FN5O/c1-14-11(8-5-16-18(2)7-8)12(19)17-10-4-3-9(13)6-15-10/h3-7,11,14H,1-2H3,(H,15,17,19). The number of anilines is 1. The Morgan fingerprint density at radius 2 is 2.21 bits per heavy atom. The number of hydrogen-bond donors (Lipinski definition) is 2. The topological polar surface area (TPSA) is 71.8 Å². The van der Waals surface area contributed by atoms with Gasteiger partial charge in [0.05, 0.1) is 12.4 Å². The van der Waals surface area contributed by atoms with Gasteiger partial charge in [0, 0.05) is 18.8 Å². The van der Waals surface area contributed by atoms with Crippen molar-refractivity contribution >= 4 is 11.7 Å². The average Bonchev–Trinajstić information content (AvgIpc) is 2.80. The molecule has 100 valence electrons. The minimum Gasteiger partial charge on any atom is -0.309 e. The maximum Gasteiger partial charge on any atom is 0.247 e. The molecule has 0 saturated carbocycles. The summed E-state index contributed by atoms with van der Waals surface area (Å²) in [4.78, 5) is 15.9. The number of halogens is 1. The first-order valence-electron chi connectivity index (χ1n) is 5.68. The van der Waals surface area contributed by atoms with E-state index in [1.165, 1.54) is 12.1 Å². The van der Waals surface area contributed by atoms with Crippen LogP contribution < -0.4 is 10.6 Å². The second kappa shape index (κ2) is 5.57. The number of hydrogen-bond acceptors (Lipinski definition) is 4. The van der Waals surface area contributed by atoms with Crippen LogP contribution >= 0.6 is 0 Å². The number of aromatic nitrogens is 3. The van der Waals surface area contributed by atoms with Gasteiger partial charge in [-0.15, -0.1) is 0 Å².